The first-order valence-corrected chi connectivity index (χ1v) is 8.76. The van der Waals surface area contributed by atoms with E-state index >= 15 is 0 Å². The van der Waals surface area contributed by atoms with Gasteiger partial charge in [0.1, 0.15) is 17.5 Å². The fraction of sp³-hybridized carbons (Fsp3) is 0. The molecule has 3 rings (SSSR count). The summed E-state index contributed by atoms with van der Waals surface area (Å²) in [6.45, 7) is 0. The minimum atomic E-state index is 0.250. The lowest BCUT2D eigenvalue weighted by Gasteiger charge is -2.09. The van der Waals surface area contributed by atoms with E-state index in [1.807, 2.05) is 41.8 Å². The average Bonchev–Trinajstić information content (AvgIpc) is 2.93. The molecule has 0 saturated heterocycles. The smallest absolute Gasteiger partial charge is 0.142 e. The number of benzene rings is 1. The molecular formula is C16H9Br2N3S. The third kappa shape index (κ3) is 2.93. The van der Waals surface area contributed by atoms with Crippen LogP contribution in [0.1, 0.15) is 5.56 Å². The third-order valence-corrected chi connectivity index (χ3v) is 5.33. The second kappa shape index (κ2) is 6.21. The molecule has 0 radical (unpaired) electrons. The molecule has 2 heterocycles. The zero-order valence-electron chi connectivity index (χ0n) is 11.2. The van der Waals surface area contributed by atoms with Crippen molar-refractivity contribution in [2.45, 2.75) is 0 Å². The summed E-state index contributed by atoms with van der Waals surface area (Å²) in [5, 5.41) is 11.4. The van der Waals surface area contributed by atoms with E-state index in [9.17, 15) is 5.26 Å². The Morgan fingerprint density at radius 2 is 1.95 bits per heavy atom. The molecule has 108 valence electrons. The number of anilines is 1. The van der Waals surface area contributed by atoms with Gasteiger partial charge >= 0.3 is 0 Å². The Balaban J connectivity index is 2.23. The van der Waals surface area contributed by atoms with Crippen LogP contribution in [0.5, 0.6) is 0 Å². The Morgan fingerprint density at radius 1 is 1.14 bits per heavy atom. The van der Waals surface area contributed by atoms with E-state index in [1.165, 1.54) is 0 Å². The minimum absolute atomic E-state index is 0.250. The van der Waals surface area contributed by atoms with Gasteiger partial charge in [-0.1, -0.05) is 28.1 Å². The fourth-order valence-corrected chi connectivity index (χ4v) is 3.98. The van der Waals surface area contributed by atoms with E-state index in [4.69, 9.17) is 5.73 Å². The topological polar surface area (TPSA) is 62.7 Å². The number of aromatic nitrogens is 1. The molecule has 0 aliphatic carbocycles. The highest BCUT2D eigenvalue weighted by atomic mass is 79.9. The molecule has 0 aliphatic rings. The SMILES string of the molecule is N#Cc1c(-c2cc(Br)cs2)cc(-c2cccc(Br)c2)nc1N. The summed E-state index contributed by atoms with van der Waals surface area (Å²) in [5.74, 6) is 0.250. The van der Waals surface area contributed by atoms with Crippen LogP contribution in [0.3, 0.4) is 0 Å². The Kier molecular flexibility index (Phi) is 4.30. The summed E-state index contributed by atoms with van der Waals surface area (Å²) in [6.07, 6.45) is 0. The van der Waals surface area contributed by atoms with Gasteiger partial charge in [-0.05, 0) is 40.2 Å². The van der Waals surface area contributed by atoms with Crippen molar-refractivity contribution >= 4 is 49.0 Å². The van der Waals surface area contributed by atoms with E-state index in [-0.39, 0.29) is 5.82 Å². The van der Waals surface area contributed by atoms with Crippen LogP contribution in [0.4, 0.5) is 5.82 Å². The van der Waals surface area contributed by atoms with E-state index in [0.29, 0.717) is 5.56 Å². The van der Waals surface area contributed by atoms with Gasteiger partial charge in [0.2, 0.25) is 0 Å². The van der Waals surface area contributed by atoms with Crippen molar-refractivity contribution in [3.8, 4) is 27.8 Å². The highest BCUT2D eigenvalue weighted by Crippen LogP contribution is 2.36. The quantitative estimate of drug-likeness (QED) is 0.582. The van der Waals surface area contributed by atoms with Crippen LogP contribution in [-0.4, -0.2) is 4.98 Å². The first-order chi connectivity index (χ1) is 10.6. The van der Waals surface area contributed by atoms with Crippen LogP contribution in [0.25, 0.3) is 21.7 Å². The number of rotatable bonds is 2. The Morgan fingerprint density at radius 3 is 2.59 bits per heavy atom. The molecule has 2 aromatic heterocycles. The molecule has 22 heavy (non-hydrogen) atoms. The van der Waals surface area contributed by atoms with Crippen LogP contribution in [0, 0.1) is 11.3 Å². The second-order valence-electron chi connectivity index (χ2n) is 4.57. The van der Waals surface area contributed by atoms with Gasteiger partial charge in [0.05, 0.1) is 5.69 Å². The molecule has 0 unspecified atom stereocenters. The summed E-state index contributed by atoms with van der Waals surface area (Å²) >= 11 is 8.46. The van der Waals surface area contributed by atoms with Crippen molar-refractivity contribution in [1.29, 1.82) is 5.26 Å². The molecule has 1 aromatic carbocycles. The van der Waals surface area contributed by atoms with Crippen molar-refractivity contribution in [3.05, 3.63) is 56.3 Å². The number of nitrogen functional groups attached to an aromatic ring is 1. The van der Waals surface area contributed by atoms with Crippen molar-refractivity contribution in [3.63, 3.8) is 0 Å². The molecule has 3 aromatic rings. The van der Waals surface area contributed by atoms with Crippen LogP contribution in [-0.2, 0) is 0 Å². The van der Waals surface area contributed by atoms with E-state index < -0.39 is 0 Å². The highest BCUT2D eigenvalue weighted by Gasteiger charge is 2.14. The maximum absolute atomic E-state index is 9.39. The van der Waals surface area contributed by atoms with Gasteiger partial charge in [0.25, 0.3) is 0 Å². The summed E-state index contributed by atoms with van der Waals surface area (Å²) in [7, 11) is 0. The molecule has 0 spiro atoms. The van der Waals surface area contributed by atoms with Gasteiger partial charge in [0, 0.05) is 30.3 Å². The van der Waals surface area contributed by atoms with E-state index in [0.717, 1.165) is 30.6 Å². The molecule has 0 bridgehead atoms. The van der Waals surface area contributed by atoms with Gasteiger partial charge in [-0.3, -0.25) is 0 Å². The van der Waals surface area contributed by atoms with Crippen LogP contribution in [0.2, 0.25) is 0 Å². The molecule has 0 aliphatic heterocycles. The van der Waals surface area contributed by atoms with Crippen LogP contribution < -0.4 is 5.73 Å². The highest BCUT2D eigenvalue weighted by molar-refractivity contribution is 9.10. The number of hydrogen-bond acceptors (Lipinski definition) is 4. The van der Waals surface area contributed by atoms with Crippen molar-refractivity contribution < 1.29 is 0 Å². The van der Waals surface area contributed by atoms with Crippen molar-refractivity contribution in [2.75, 3.05) is 5.73 Å². The van der Waals surface area contributed by atoms with Gasteiger partial charge in [-0.2, -0.15) is 5.26 Å². The molecular weight excluding hydrogens is 426 g/mol. The standard InChI is InChI=1S/C16H9Br2N3S/c17-10-3-1-2-9(4-10)14-6-12(13(7-19)16(20)21-14)15-5-11(18)8-22-15/h1-6,8H,(H2,20,21). The lowest BCUT2D eigenvalue weighted by atomic mass is 10.0. The molecule has 6 heteroatoms. The maximum Gasteiger partial charge on any atom is 0.142 e. The Bertz CT molecular complexity index is 897. The van der Waals surface area contributed by atoms with Crippen molar-refractivity contribution in [1.82, 2.24) is 4.98 Å². The normalized spacial score (nSPS) is 10.4. The minimum Gasteiger partial charge on any atom is -0.383 e. The van der Waals surface area contributed by atoms with Gasteiger partial charge in [0.15, 0.2) is 0 Å². The molecule has 2 N–H and O–H groups in total. The monoisotopic (exact) mass is 433 g/mol. The number of hydrogen-bond donors (Lipinski definition) is 1. The summed E-state index contributed by atoms with van der Waals surface area (Å²) < 4.78 is 1.95. The largest absolute Gasteiger partial charge is 0.383 e. The zero-order valence-corrected chi connectivity index (χ0v) is 15.2. The number of halogens is 2. The molecule has 0 fully saturated rings. The van der Waals surface area contributed by atoms with E-state index in [1.54, 1.807) is 11.3 Å². The fourth-order valence-electron chi connectivity index (χ4n) is 2.13. The summed E-state index contributed by atoms with van der Waals surface area (Å²) in [5.41, 5.74) is 8.91. The van der Waals surface area contributed by atoms with Gasteiger partial charge in [-0.15, -0.1) is 11.3 Å². The Hall–Kier alpha value is -1.68. The maximum atomic E-state index is 9.39. The lowest BCUT2D eigenvalue weighted by Crippen LogP contribution is -1.99. The predicted octanol–water partition coefficient (Wildman–Crippen LogP) is 5.46. The third-order valence-electron chi connectivity index (χ3n) is 3.11. The first kappa shape index (κ1) is 15.2. The van der Waals surface area contributed by atoms with E-state index in [2.05, 4.69) is 42.9 Å². The number of nitrogens with zero attached hydrogens (tertiary/aromatic N) is 2. The van der Waals surface area contributed by atoms with Crippen LogP contribution >= 0.6 is 43.2 Å². The second-order valence-corrected chi connectivity index (χ2v) is 7.31. The number of nitriles is 1. The zero-order chi connectivity index (χ0) is 15.7. The average molecular weight is 435 g/mol. The number of thiophene rings is 1. The predicted molar refractivity (Wildman–Crippen MR) is 97.5 cm³/mol. The van der Waals surface area contributed by atoms with Gasteiger partial charge in [-0.25, -0.2) is 4.98 Å². The molecule has 0 amide bonds. The summed E-state index contributed by atoms with van der Waals surface area (Å²) in [4.78, 5) is 5.36. The summed E-state index contributed by atoms with van der Waals surface area (Å²) in [6, 6.07) is 13.9. The van der Waals surface area contributed by atoms with Crippen molar-refractivity contribution in [2.24, 2.45) is 0 Å². The molecule has 0 saturated carbocycles. The first-order valence-electron chi connectivity index (χ1n) is 6.29. The molecule has 3 nitrogen and oxygen atoms in total. The Labute approximate surface area is 148 Å². The lowest BCUT2D eigenvalue weighted by molar-refractivity contribution is 1.31. The number of pyridine rings is 1. The van der Waals surface area contributed by atoms with Gasteiger partial charge < -0.3 is 5.73 Å². The number of nitrogens with two attached hydrogens (primary N) is 1. The van der Waals surface area contributed by atoms with Crippen LogP contribution in [0.15, 0.2) is 50.7 Å². The molecule has 0 atom stereocenters.